The van der Waals surface area contributed by atoms with Crippen LogP contribution in [-0.4, -0.2) is 60.4 Å². The third-order valence-corrected chi connectivity index (χ3v) is 7.02. The zero-order valence-corrected chi connectivity index (χ0v) is 22.0. The summed E-state index contributed by atoms with van der Waals surface area (Å²) in [5, 5.41) is 3.51. The predicted molar refractivity (Wildman–Crippen MR) is 147 cm³/mol. The highest BCUT2D eigenvalue weighted by Gasteiger charge is 2.13. The number of rotatable bonds is 15. The maximum absolute atomic E-state index is 6.20. The highest BCUT2D eigenvalue weighted by molar-refractivity contribution is 5.74. The molecule has 4 rings (SSSR count). The normalized spacial score (nSPS) is 13.8. The zero-order chi connectivity index (χ0) is 25.0. The first-order chi connectivity index (χ1) is 17.7. The number of nitrogens with zero attached hydrogens (tertiary/aromatic N) is 3. The van der Waals surface area contributed by atoms with Crippen molar-refractivity contribution < 1.29 is 9.47 Å². The molecule has 1 aliphatic heterocycles. The van der Waals surface area contributed by atoms with Crippen molar-refractivity contribution in [1.82, 2.24) is 19.8 Å². The van der Waals surface area contributed by atoms with Crippen LogP contribution in [-0.2, 0) is 6.54 Å². The van der Waals surface area contributed by atoms with E-state index in [1.807, 2.05) is 18.7 Å². The molecule has 0 spiro atoms. The van der Waals surface area contributed by atoms with E-state index in [0.717, 1.165) is 63.5 Å². The number of hydrogen-bond acceptors (Lipinski definition) is 5. The van der Waals surface area contributed by atoms with E-state index in [2.05, 4.69) is 70.0 Å². The molecule has 6 heteroatoms. The van der Waals surface area contributed by atoms with Gasteiger partial charge in [-0.3, -0.25) is 0 Å². The van der Waals surface area contributed by atoms with Crippen molar-refractivity contribution in [2.75, 3.05) is 45.9 Å². The first-order valence-corrected chi connectivity index (χ1v) is 13.6. The van der Waals surface area contributed by atoms with Gasteiger partial charge < -0.3 is 24.3 Å². The number of benzene rings is 2. The van der Waals surface area contributed by atoms with Gasteiger partial charge in [0.05, 0.1) is 19.5 Å². The predicted octanol–water partition coefficient (Wildman–Crippen LogP) is 5.48. The van der Waals surface area contributed by atoms with Crippen LogP contribution in [0.15, 0.2) is 55.1 Å². The van der Waals surface area contributed by atoms with E-state index in [0.29, 0.717) is 6.61 Å². The molecule has 0 atom stereocenters. The fourth-order valence-electron chi connectivity index (χ4n) is 4.91. The molecular weight excluding hydrogens is 448 g/mol. The van der Waals surface area contributed by atoms with Crippen LogP contribution in [0.2, 0.25) is 0 Å². The number of aromatic nitrogens is 2. The Morgan fingerprint density at radius 3 is 2.08 bits per heavy atom. The fourth-order valence-corrected chi connectivity index (χ4v) is 4.91. The summed E-state index contributed by atoms with van der Waals surface area (Å²) in [7, 11) is 0. The van der Waals surface area contributed by atoms with E-state index in [1.54, 1.807) is 0 Å². The number of likely N-dealkylation sites (tertiary alicyclic amines) is 1. The summed E-state index contributed by atoms with van der Waals surface area (Å²) in [4.78, 5) is 6.62. The highest BCUT2D eigenvalue weighted by Crippen LogP contribution is 2.35. The standard InChI is InChI=1S/C30H42N4O2/c1-25-27(28-11-6-13-30(26(28)2)36-23-9-20-33-17-3-4-18-33)10-5-12-29(25)35-22-8-15-31-14-7-19-34-21-16-32-24-34/h5-6,10-13,16,21,24,31H,3-4,7-9,14-15,17-20,22-23H2,1-2H3. The van der Waals surface area contributed by atoms with Gasteiger partial charge in [0, 0.05) is 25.5 Å². The Kier molecular flexibility index (Phi) is 10.2. The third-order valence-electron chi connectivity index (χ3n) is 7.02. The molecule has 36 heavy (non-hydrogen) atoms. The quantitative estimate of drug-likeness (QED) is 0.286. The molecule has 0 amide bonds. The van der Waals surface area contributed by atoms with Crippen molar-refractivity contribution >= 4 is 0 Å². The largest absolute Gasteiger partial charge is 0.493 e. The molecule has 6 nitrogen and oxygen atoms in total. The first-order valence-electron chi connectivity index (χ1n) is 13.6. The maximum atomic E-state index is 6.20. The van der Waals surface area contributed by atoms with Crippen LogP contribution in [0.4, 0.5) is 0 Å². The average Bonchev–Trinajstić information content (AvgIpc) is 3.60. The molecule has 1 saturated heterocycles. The third kappa shape index (κ3) is 7.58. The molecule has 0 radical (unpaired) electrons. The van der Waals surface area contributed by atoms with Crippen LogP contribution < -0.4 is 14.8 Å². The van der Waals surface area contributed by atoms with E-state index in [9.17, 15) is 0 Å². The van der Waals surface area contributed by atoms with E-state index in [1.165, 1.54) is 48.2 Å². The summed E-state index contributed by atoms with van der Waals surface area (Å²) >= 11 is 0. The van der Waals surface area contributed by atoms with Crippen molar-refractivity contribution in [3.05, 3.63) is 66.2 Å². The average molecular weight is 491 g/mol. The van der Waals surface area contributed by atoms with Crippen molar-refractivity contribution in [2.45, 2.75) is 52.5 Å². The van der Waals surface area contributed by atoms with Gasteiger partial charge in [-0.2, -0.15) is 0 Å². The Balaban J connectivity index is 1.23. The fraction of sp³-hybridized carbons (Fsp3) is 0.500. The minimum atomic E-state index is 0.706. The highest BCUT2D eigenvalue weighted by atomic mass is 16.5. The molecular formula is C30H42N4O2. The molecule has 0 bridgehead atoms. The molecule has 2 aromatic carbocycles. The Bertz CT molecular complexity index is 1050. The molecule has 1 N–H and O–H groups in total. The summed E-state index contributed by atoms with van der Waals surface area (Å²) in [5.41, 5.74) is 4.80. The second kappa shape index (κ2) is 14.0. The maximum Gasteiger partial charge on any atom is 0.122 e. The van der Waals surface area contributed by atoms with Gasteiger partial charge in [-0.15, -0.1) is 0 Å². The summed E-state index contributed by atoms with van der Waals surface area (Å²) in [6.45, 7) is 12.4. The Labute approximate surface area is 216 Å². The second-order valence-corrected chi connectivity index (χ2v) is 9.71. The van der Waals surface area contributed by atoms with Crippen LogP contribution in [0, 0.1) is 13.8 Å². The van der Waals surface area contributed by atoms with Gasteiger partial charge in [-0.25, -0.2) is 4.98 Å². The van der Waals surface area contributed by atoms with Gasteiger partial charge in [0.1, 0.15) is 11.5 Å². The SMILES string of the molecule is Cc1c(OCCCNCCCn2ccnc2)cccc1-c1cccc(OCCCN2CCCC2)c1C. The van der Waals surface area contributed by atoms with Crippen LogP contribution in [0.5, 0.6) is 11.5 Å². The second-order valence-electron chi connectivity index (χ2n) is 9.71. The summed E-state index contributed by atoms with van der Waals surface area (Å²) in [6, 6.07) is 12.7. The molecule has 1 aromatic heterocycles. The zero-order valence-electron chi connectivity index (χ0n) is 22.0. The summed E-state index contributed by atoms with van der Waals surface area (Å²) in [5.74, 6) is 1.95. The number of hydrogen-bond donors (Lipinski definition) is 1. The number of nitrogens with one attached hydrogen (secondary N) is 1. The topological polar surface area (TPSA) is 51.6 Å². The summed E-state index contributed by atoms with van der Waals surface area (Å²) in [6.07, 6.45) is 11.5. The van der Waals surface area contributed by atoms with Gasteiger partial charge >= 0.3 is 0 Å². The molecule has 0 saturated carbocycles. The lowest BCUT2D eigenvalue weighted by Crippen LogP contribution is -2.22. The molecule has 0 unspecified atom stereocenters. The summed E-state index contributed by atoms with van der Waals surface area (Å²) < 4.78 is 14.5. The number of imidazole rings is 1. The van der Waals surface area contributed by atoms with E-state index in [-0.39, 0.29) is 0 Å². The van der Waals surface area contributed by atoms with Crippen molar-refractivity contribution in [3.8, 4) is 22.6 Å². The Morgan fingerprint density at radius 2 is 1.44 bits per heavy atom. The van der Waals surface area contributed by atoms with Crippen molar-refractivity contribution in [2.24, 2.45) is 0 Å². The molecule has 194 valence electrons. The van der Waals surface area contributed by atoms with Crippen molar-refractivity contribution in [1.29, 1.82) is 0 Å². The first kappa shape index (κ1) is 26.2. The molecule has 0 aliphatic carbocycles. The van der Waals surface area contributed by atoms with Crippen LogP contribution in [0.25, 0.3) is 11.1 Å². The number of ether oxygens (including phenoxy) is 2. The lowest BCUT2D eigenvalue weighted by molar-refractivity contribution is 0.262. The van der Waals surface area contributed by atoms with Crippen LogP contribution in [0.3, 0.4) is 0 Å². The van der Waals surface area contributed by atoms with Crippen LogP contribution >= 0.6 is 0 Å². The Morgan fingerprint density at radius 1 is 0.806 bits per heavy atom. The molecule has 1 fully saturated rings. The van der Waals surface area contributed by atoms with E-state index >= 15 is 0 Å². The van der Waals surface area contributed by atoms with Crippen LogP contribution in [0.1, 0.15) is 43.2 Å². The van der Waals surface area contributed by atoms with Gasteiger partial charge in [0.15, 0.2) is 0 Å². The molecule has 1 aliphatic rings. The van der Waals surface area contributed by atoms with Gasteiger partial charge in [-0.1, -0.05) is 24.3 Å². The number of aryl methyl sites for hydroxylation is 1. The lowest BCUT2D eigenvalue weighted by atomic mass is 9.95. The smallest absolute Gasteiger partial charge is 0.122 e. The van der Waals surface area contributed by atoms with E-state index < -0.39 is 0 Å². The van der Waals surface area contributed by atoms with Gasteiger partial charge in [0.2, 0.25) is 0 Å². The minimum absolute atomic E-state index is 0.706. The molecule has 2 heterocycles. The monoisotopic (exact) mass is 490 g/mol. The van der Waals surface area contributed by atoms with E-state index in [4.69, 9.17) is 9.47 Å². The lowest BCUT2D eigenvalue weighted by Gasteiger charge is -2.18. The van der Waals surface area contributed by atoms with Gasteiger partial charge in [-0.05, 0) is 107 Å². The van der Waals surface area contributed by atoms with Crippen molar-refractivity contribution in [3.63, 3.8) is 0 Å². The van der Waals surface area contributed by atoms with Gasteiger partial charge in [0.25, 0.3) is 0 Å². The molecule has 3 aromatic rings. The Hall–Kier alpha value is -2.83. The minimum Gasteiger partial charge on any atom is -0.493 e.